The van der Waals surface area contributed by atoms with Gasteiger partial charge in [-0.15, -0.1) is 0 Å². The maximum atomic E-state index is 12.7. The number of rotatable bonds is 4. The Morgan fingerprint density at radius 3 is 2.58 bits per heavy atom. The first-order chi connectivity index (χ1) is 12.5. The number of anilines is 1. The van der Waals surface area contributed by atoms with Gasteiger partial charge in [-0.25, -0.2) is 0 Å². The van der Waals surface area contributed by atoms with Crippen LogP contribution in [0.4, 0.5) is 5.69 Å². The molecule has 2 fully saturated rings. The lowest BCUT2D eigenvalue weighted by molar-refractivity contribution is -0.118. The van der Waals surface area contributed by atoms with Crippen LogP contribution >= 0.6 is 0 Å². The number of likely N-dealkylation sites (N-methyl/N-ethyl adjacent to an activating group) is 2. The van der Waals surface area contributed by atoms with Gasteiger partial charge in [0, 0.05) is 30.9 Å². The molecule has 1 aromatic rings. The molecule has 2 aliphatic heterocycles. The summed E-state index contributed by atoms with van der Waals surface area (Å²) in [4.78, 5) is 29.1. The molecule has 0 spiro atoms. The molecular weight excluding hydrogens is 328 g/mol. The lowest BCUT2D eigenvalue weighted by Crippen LogP contribution is -2.47. The molecule has 2 amide bonds. The van der Waals surface area contributed by atoms with E-state index in [1.165, 1.54) is 0 Å². The maximum absolute atomic E-state index is 12.7. The molecule has 0 bridgehead atoms. The predicted octanol–water partition coefficient (Wildman–Crippen LogP) is 1.93. The molecule has 3 rings (SSSR count). The molecule has 0 radical (unpaired) electrons. The summed E-state index contributed by atoms with van der Waals surface area (Å²) in [5.41, 5.74) is 1.40. The average Bonchev–Trinajstić information content (AvgIpc) is 2.68. The quantitative estimate of drug-likeness (QED) is 0.863. The van der Waals surface area contributed by atoms with Crippen molar-refractivity contribution in [3.63, 3.8) is 0 Å². The van der Waals surface area contributed by atoms with Crippen LogP contribution in [0.5, 0.6) is 0 Å². The van der Waals surface area contributed by atoms with E-state index in [-0.39, 0.29) is 23.9 Å². The van der Waals surface area contributed by atoms with E-state index in [0.717, 1.165) is 57.4 Å². The normalized spacial score (nSPS) is 24.1. The van der Waals surface area contributed by atoms with Gasteiger partial charge < -0.3 is 20.4 Å². The first-order valence-electron chi connectivity index (χ1n) is 9.64. The van der Waals surface area contributed by atoms with Gasteiger partial charge in [-0.05, 0) is 70.1 Å². The fraction of sp³-hybridized carbons (Fsp3) is 0.600. The van der Waals surface area contributed by atoms with Crippen LogP contribution in [0.3, 0.4) is 0 Å². The maximum Gasteiger partial charge on any atom is 0.253 e. The molecule has 1 unspecified atom stereocenters. The molecule has 6 nitrogen and oxygen atoms in total. The second-order valence-electron chi connectivity index (χ2n) is 7.54. The largest absolute Gasteiger partial charge is 0.337 e. The number of nitrogens with one attached hydrogen (secondary N) is 2. The molecule has 0 aromatic heterocycles. The number of likely N-dealkylation sites (tertiary alicyclic amines) is 1. The summed E-state index contributed by atoms with van der Waals surface area (Å²) in [5.74, 6) is 0.0447. The lowest BCUT2D eigenvalue weighted by Gasteiger charge is -2.35. The van der Waals surface area contributed by atoms with Crippen molar-refractivity contribution < 1.29 is 9.59 Å². The van der Waals surface area contributed by atoms with Gasteiger partial charge in [-0.3, -0.25) is 9.59 Å². The fourth-order valence-corrected chi connectivity index (χ4v) is 3.83. The molecule has 2 saturated heterocycles. The molecule has 1 aromatic carbocycles. The Balaban J connectivity index is 1.57. The summed E-state index contributed by atoms with van der Waals surface area (Å²) < 4.78 is 0. The van der Waals surface area contributed by atoms with Crippen molar-refractivity contribution in [2.45, 2.75) is 44.2 Å². The summed E-state index contributed by atoms with van der Waals surface area (Å²) in [6.45, 7) is 2.92. The molecule has 26 heavy (non-hydrogen) atoms. The van der Waals surface area contributed by atoms with Crippen molar-refractivity contribution in [2.24, 2.45) is 0 Å². The number of carbonyl (C=O) groups is 2. The van der Waals surface area contributed by atoms with E-state index in [4.69, 9.17) is 0 Å². The molecule has 0 aliphatic carbocycles. The van der Waals surface area contributed by atoms with Crippen LogP contribution in [-0.2, 0) is 4.79 Å². The van der Waals surface area contributed by atoms with Crippen LogP contribution < -0.4 is 10.6 Å². The number of hydrogen-bond donors (Lipinski definition) is 2. The Hall–Kier alpha value is -1.92. The molecule has 2 N–H and O–H groups in total. The minimum absolute atomic E-state index is 0.00568. The van der Waals surface area contributed by atoms with Crippen molar-refractivity contribution in [3.8, 4) is 0 Å². The Bertz CT molecular complexity index is 625. The van der Waals surface area contributed by atoms with Gasteiger partial charge >= 0.3 is 0 Å². The van der Waals surface area contributed by atoms with Crippen LogP contribution in [0.2, 0.25) is 0 Å². The number of carbonyl (C=O) groups excluding carboxylic acids is 2. The van der Waals surface area contributed by atoms with Crippen LogP contribution in [0.1, 0.15) is 42.5 Å². The Kier molecular flexibility index (Phi) is 6.27. The second kappa shape index (κ2) is 8.64. The zero-order chi connectivity index (χ0) is 18.5. The van der Waals surface area contributed by atoms with Crippen LogP contribution in [0.15, 0.2) is 24.3 Å². The lowest BCUT2D eigenvalue weighted by atomic mass is 10.0. The van der Waals surface area contributed by atoms with Crippen molar-refractivity contribution in [2.75, 3.05) is 39.0 Å². The molecule has 6 heteroatoms. The zero-order valence-electron chi connectivity index (χ0n) is 15.8. The van der Waals surface area contributed by atoms with Crippen LogP contribution in [-0.4, -0.2) is 67.4 Å². The number of benzene rings is 1. The van der Waals surface area contributed by atoms with E-state index in [1.54, 1.807) is 12.1 Å². The summed E-state index contributed by atoms with van der Waals surface area (Å²) in [7, 11) is 3.99. The van der Waals surface area contributed by atoms with Gasteiger partial charge in [0.15, 0.2) is 0 Å². The number of piperidine rings is 2. The Labute approximate surface area is 155 Å². The summed E-state index contributed by atoms with van der Waals surface area (Å²) in [6.07, 6.45) is 5.27. The van der Waals surface area contributed by atoms with Crippen LogP contribution in [0.25, 0.3) is 0 Å². The molecule has 142 valence electrons. The SMILES string of the molecule is CN1CCCC(N(C)C(=O)c2ccc(NC(=O)[C@H]3CCCCN3)cc2)C1. The minimum Gasteiger partial charge on any atom is -0.337 e. The van der Waals surface area contributed by atoms with Gasteiger partial charge in [0.1, 0.15) is 0 Å². The first kappa shape index (κ1) is 18.9. The number of hydrogen-bond acceptors (Lipinski definition) is 4. The summed E-state index contributed by atoms with van der Waals surface area (Å²) in [5, 5.41) is 6.19. The minimum atomic E-state index is -0.112. The smallest absolute Gasteiger partial charge is 0.253 e. The van der Waals surface area contributed by atoms with Gasteiger partial charge in [0.2, 0.25) is 5.91 Å². The molecule has 2 aliphatic rings. The van der Waals surface area contributed by atoms with E-state index in [0.29, 0.717) is 5.56 Å². The third kappa shape index (κ3) is 4.62. The van der Waals surface area contributed by atoms with Gasteiger partial charge in [-0.1, -0.05) is 6.42 Å². The average molecular weight is 358 g/mol. The highest BCUT2D eigenvalue weighted by atomic mass is 16.2. The van der Waals surface area contributed by atoms with Crippen molar-refractivity contribution in [1.82, 2.24) is 15.1 Å². The molecule has 2 atom stereocenters. The van der Waals surface area contributed by atoms with Gasteiger partial charge in [0.05, 0.1) is 6.04 Å². The van der Waals surface area contributed by atoms with Gasteiger partial charge in [-0.2, -0.15) is 0 Å². The van der Waals surface area contributed by atoms with E-state index < -0.39 is 0 Å². The van der Waals surface area contributed by atoms with Crippen LogP contribution in [0, 0.1) is 0 Å². The number of amides is 2. The van der Waals surface area contributed by atoms with E-state index in [2.05, 4.69) is 22.6 Å². The van der Waals surface area contributed by atoms with E-state index in [9.17, 15) is 9.59 Å². The summed E-state index contributed by atoms with van der Waals surface area (Å²) in [6, 6.07) is 7.38. The Morgan fingerprint density at radius 1 is 1.15 bits per heavy atom. The van der Waals surface area contributed by atoms with E-state index >= 15 is 0 Å². The summed E-state index contributed by atoms with van der Waals surface area (Å²) >= 11 is 0. The topological polar surface area (TPSA) is 64.7 Å². The van der Waals surface area contributed by atoms with Crippen molar-refractivity contribution >= 4 is 17.5 Å². The predicted molar refractivity (Wildman–Crippen MR) is 103 cm³/mol. The molecule has 2 heterocycles. The van der Waals surface area contributed by atoms with E-state index in [1.807, 2.05) is 24.1 Å². The second-order valence-corrected chi connectivity index (χ2v) is 7.54. The number of nitrogens with zero attached hydrogens (tertiary/aromatic N) is 2. The monoisotopic (exact) mass is 358 g/mol. The highest BCUT2D eigenvalue weighted by molar-refractivity contribution is 5.97. The zero-order valence-corrected chi connectivity index (χ0v) is 15.8. The van der Waals surface area contributed by atoms with Crippen molar-refractivity contribution in [3.05, 3.63) is 29.8 Å². The molecule has 0 saturated carbocycles. The fourth-order valence-electron chi connectivity index (χ4n) is 3.83. The van der Waals surface area contributed by atoms with Crippen molar-refractivity contribution in [1.29, 1.82) is 0 Å². The third-order valence-corrected chi connectivity index (χ3v) is 5.49. The highest BCUT2D eigenvalue weighted by Gasteiger charge is 2.25. The first-order valence-corrected chi connectivity index (χ1v) is 9.64. The third-order valence-electron chi connectivity index (χ3n) is 5.49. The standard InChI is InChI=1S/C20H30N4O2/c1-23-13-5-6-17(14-23)24(2)20(26)15-8-10-16(11-9-15)22-19(25)18-7-3-4-12-21-18/h8-11,17-18,21H,3-7,12-14H2,1-2H3,(H,22,25)/t17?,18-/m1/s1. The highest BCUT2D eigenvalue weighted by Crippen LogP contribution is 2.18. The Morgan fingerprint density at radius 2 is 1.92 bits per heavy atom. The van der Waals surface area contributed by atoms with Gasteiger partial charge in [0.25, 0.3) is 5.91 Å². The molecular formula is C20H30N4O2.